The molecule has 0 unspecified atom stereocenters. The minimum Gasteiger partial charge on any atom is -0.466 e. The number of methoxy groups -OCH3 is 2. The fraction of sp³-hybridized carbons (Fsp3) is 0.882. The van der Waals surface area contributed by atoms with Crippen LogP contribution in [0.3, 0.4) is 0 Å². The van der Waals surface area contributed by atoms with Gasteiger partial charge in [-0.3, -0.25) is 0 Å². The molecule has 0 bridgehead atoms. The van der Waals surface area contributed by atoms with Gasteiger partial charge in [0.25, 0.3) is 0 Å². The van der Waals surface area contributed by atoms with Gasteiger partial charge in [-0.05, 0) is 25.7 Å². The lowest BCUT2D eigenvalue weighted by atomic mass is 9.96. The summed E-state index contributed by atoms with van der Waals surface area (Å²) in [6, 6.07) is 0. The highest BCUT2D eigenvalue weighted by molar-refractivity contribution is 6.00. The summed E-state index contributed by atoms with van der Waals surface area (Å²) in [7, 11) is 2.81. The topological polar surface area (TPSA) is 52.6 Å². The average molecular weight is 537 g/mol. The molecule has 0 radical (unpaired) electrons. The number of ether oxygens (including phenoxy) is 2. The lowest BCUT2D eigenvalue weighted by Crippen LogP contribution is -2.15. The molecule has 4 heteroatoms. The van der Waals surface area contributed by atoms with E-state index in [1.807, 2.05) is 0 Å². The average Bonchev–Trinajstić information content (AvgIpc) is 2.93. The quantitative estimate of drug-likeness (QED) is 0.0567. The van der Waals surface area contributed by atoms with Crippen molar-refractivity contribution < 1.29 is 19.1 Å². The van der Waals surface area contributed by atoms with E-state index in [9.17, 15) is 9.59 Å². The molecule has 0 amide bonds. The summed E-state index contributed by atoms with van der Waals surface area (Å²) in [4.78, 5) is 25.1. The molecule has 0 aromatic carbocycles. The Bertz CT molecular complexity index is 531. The van der Waals surface area contributed by atoms with Crippen LogP contribution in [0.25, 0.3) is 0 Å². The number of hydrogen-bond donors (Lipinski definition) is 0. The Balaban J connectivity index is 4.27. The maximum Gasteiger partial charge on any atom is 0.334 e. The van der Waals surface area contributed by atoms with Crippen LogP contribution in [0.1, 0.15) is 181 Å². The van der Waals surface area contributed by atoms with Crippen molar-refractivity contribution in [2.45, 2.75) is 181 Å². The van der Waals surface area contributed by atoms with Crippen molar-refractivity contribution in [1.29, 1.82) is 0 Å². The predicted octanol–water partition coefficient (Wildman–Crippen LogP) is 10.8. The standard InChI is InChI=1S/C34H64O4/c1-5-7-9-11-13-15-17-19-21-23-25-27-29-31(33(35)37-3)32(34(36)38-4)30-28-26-24-22-20-18-16-14-12-10-8-6-2/h5-30H2,1-4H3/b32-31+. The number of carbonyl (C=O) groups excluding carboxylic acids is 2. The van der Waals surface area contributed by atoms with Gasteiger partial charge in [0.05, 0.1) is 14.2 Å². The number of hydrogen-bond acceptors (Lipinski definition) is 4. The molecule has 0 aliphatic heterocycles. The van der Waals surface area contributed by atoms with Gasteiger partial charge in [0, 0.05) is 11.1 Å². The maximum atomic E-state index is 12.5. The van der Waals surface area contributed by atoms with Crippen LogP contribution in [0.15, 0.2) is 11.1 Å². The molecule has 0 spiro atoms. The van der Waals surface area contributed by atoms with E-state index >= 15 is 0 Å². The van der Waals surface area contributed by atoms with Crippen LogP contribution >= 0.6 is 0 Å². The molecule has 0 saturated heterocycles. The molecule has 224 valence electrons. The van der Waals surface area contributed by atoms with E-state index in [-0.39, 0.29) is 11.9 Å². The second-order valence-corrected chi connectivity index (χ2v) is 11.2. The largest absolute Gasteiger partial charge is 0.466 e. The highest BCUT2D eigenvalue weighted by Crippen LogP contribution is 2.23. The van der Waals surface area contributed by atoms with Crippen LogP contribution < -0.4 is 0 Å². The summed E-state index contributed by atoms with van der Waals surface area (Å²) in [5.74, 6) is -0.736. The highest BCUT2D eigenvalue weighted by atomic mass is 16.5. The zero-order valence-corrected chi connectivity index (χ0v) is 26.0. The van der Waals surface area contributed by atoms with Gasteiger partial charge in [-0.1, -0.05) is 155 Å². The second kappa shape index (κ2) is 28.7. The Kier molecular flexibility index (Phi) is 27.7. The summed E-state index contributed by atoms with van der Waals surface area (Å²) in [6.07, 6.45) is 31.8. The molecule has 0 saturated carbocycles. The monoisotopic (exact) mass is 536 g/mol. The molecule has 0 atom stereocenters. The zero-order valence-electron chi connectivity index (χ0n) is 26.0. The Morgan fingerprint density at radius 3 is 0.789 bits per heavy atom. The van der Waals surface area contributed by atoms with Crippen LogP contribution in [0.2, 0.25) is 0 Å². The molecule has 0 fully saturated rings. The summed E-state index contributed by atoms with van der Waals surface area (Å²) >= 11 is 0. The lowest BCUT2D eigenvalue weighted by Gasteiger charge is -2.13. The van der Waals surface area contributed by atoms with Crippen LogP contribution in [-0.2, 0) is 19.1 Å². The normalized spacial score (nSPS) is 11.9. The van der Waals surface area contributed by atoms with E-state index in [2.05, 4.69) is 13.8 Å². The van der Waals surface area contributed by atoms with Gasteiger partial charge in [-0.15, -0.1) is 0 Å². The smallest absolute Gasteiger partial charge is 0.334 e. The van der Waals surface area contributed by atoms with Gasteiger partial charge in [0.15, 0.2) is 0 Å². The van der Waals surface area contributed by atoms with Crippen LogP contribution in [0, 0.1) is 0 Å². The number of unbranched alkanes of at least 4 members (excludes halogenated alkanes) is 22. The van der Waals surface area contributed by atoms with Crippen molar-refractivity contribution in [1.82, 2.24) is 0 Å². The second-order valence-electron chi connectivity index (χ2n) is 11.2. The predicted molar refractivity (Wildman–Crippen MR) is 162 cm³/mol. The SMILES string of the molecule is CCCCCCCCCCCCCC/C(C(=O)OC)=C(/CCCCCCCCCCCCCC)C(=O)OC. The summed E-state index contributed by atoms with van der Waals surface area (Å²) < 4.78 is 10.1. The van der Waals surface area contributed by atoms with Crippen molar-refractivity contribution in [3.05, 3.63) is 11.1 Å². The van der Waals surface area contributed by atoms with Crippen molar-refractivity contribution in [2.24, 2.45) is 0 Å². The third kappa shape index (κ3) is 21.6. The zero-order chi connectivity index (χ0) is 28.1. The molecule has 0 heterocycles. The number of carbonyl (C=O) groups is 2. The molecule has 0 N–H and O–H groups in total. The van der Waals surface area contributed by atoms with Crippen molar-refractivity contribution in [3.8, 4) is 0 Å². The van der Waals surface area contributed by atoms with Crippen molar-refractivity contribution >= 4 is 11.9 Å². The Labute approximate surface area is 237 Å². The minimum absolute atomic E-state index is 0.368. The van der Waals surface area contributed by atoms with Gasteiger partial charge in [-0.25, -0.2) is 9.59 Å². The van der Waals surface area contributed by atoms with E-state index in [0.717, 1.165) is 25.7 Å². The van der Waals surface area contributed by atoms with Gasteiger partial charge in [0.1, 0.15) is 0 Å². The molecule has 4 nitrogen and oxygen atoms in total. The molecule has 38 heavy (non-hydrogen) atoms. The fourth-order valence-electron chi connectivity index (χ4n) is 5.28. The Hall–Kier alpha value is -1.32. The first-order chi connectivity index (χ1) is 18.6. The first-order valence-corrected chi connectivity index (χ1v) is 16.5. The molecule has 0 aliphatic carbocycles. The molecule has 0 aromatic heterocycles. The van der Waals surface area contributed by atoms with Crippen LogP contribution in [0.4, 0.5) is 0 Å². The first kappa shape index (κ1) is 36.7. The number of esters is 2. The Morgan fingerprint density at radius 2 is 0.579 bits per heavy atom. The van der Waals surface area contributed by atoms with E-state index in [1.54, 1.807) is 0 Å². The first-order valence-electron chi connectivity index (χ1n) is 16.5. The van der Waals surface area contributed by atoms with Crippen LogP contribution in [0.5, 0.6) is 0 Å². The van der Waals surface area contributed by atoms with Gasteiger partial charge < -0.3 is 9.47 Å². The molecular weight excluding hydrogens is 472 g/mol. The summed E-state index contributed by atoms with van der Waals surface area (Å²) in [5.41, 5.74) is 1.07. The van der Waals surface area contributed by atoms with Gasteiger partial charge >= 0.3 is 11.9 Å². The van der Waals surface area contributed by atoms with Crippen molar-refractivity contribution in [2.75, 3.05) is 14.2 Å². The molecule has 0 rings (SSSR count). The van der Waals surface area contributed by atoms with E-state index < -0.39 is 0 Å². The molecule has 0 aromatic rings. The summed E-state index contributed by atoms with van der Waals surface area (Å²) in [6.45, 7) is 4.53. The third-order valence-corrected chi connectivity index (χ3v) is 7.79. The molecule has 0 aliphatic rings. The summed E-state index contributed by atoms with van der Waals surface area (Å²) in [5, 5.41) is 0. The van der Waals surface area contributed by atoms with Gasteiger partial charge in [0.2, 0.25) is 0 Å². The lowest BCUT2D eigenvalue weighted by molar-refractivity contribution is -0.139. The van der Waals surface area contributed by atoms with E-state index in [0.29, 0.717) is 24.0 Å². The van der Waals surface area contributed by atoms with Gasteiger partial charge in [-0.2, -0.15) is 0 Å². The fourth-order valence-corrected chi connectivity index (χ4v) is 5.28. The van der Waals surface area contributed by atoms with E-state index in [4.69, 9.17) is 9.47 Å². The third-order valence-electron chi connectivity index (χ3n) is 7.79. The maximum absolute atomic E-state index is 12.5. The van der Waals surface area contributed by atoms with Crippen LogP contribution in [-0.4, -0.2) is 26.2 Å². The Morgan fingerprint density at radius 1 is 0.368 bits per heavy atom. The highest BCUT2D eigenvalue weighted by Gasteiger charge is 2.21. The van der Waals surface area contributed by atoms with Crippen molar-refractivity contribution in [3.63, 3.8) is 0 Å². The van der Waals surface area contributed by atoms with E-state index in [1.165, 1.54) is 143 Å². The molecular formula is C34H64O4. The minimum atomic E-state index is -0.368. The number of rotatable bonds is 28.